The Morgan fingerprint density at radius 2 is 2.38 bits per heavy atom. The van der Waals surface area contributed by atoms with Gasteiger partial charge in [-0.1, -0.05) is 23.4 Å². The molecule has 1 aromatic rings. The molecule has 0 amide bonds. The highest BCUT2D eigenvalue weighted by Gasteiger charge is 1.96. The highest BCUT2D eigenvalue weighted by Crippen LogP contribution is 2.13. The van der Waals surface area contributed by atoms with Crippen LogP contribution in [-0.2, 0) is 0 Å². The maximum Gasteiger partial charge on any atom is 0.131 e. The van der Waals surface area contributed by atoms with E-state index in [0.717, 1.165) is 0 Å². The van der Waals surface area contributed by atoms with Gasteiger partial charge in [0.15, 0.2) is 0 Å². The average molecular weight is 197 g/mol. The fourth-order valence-corrected chi connectivity index (χ4v) is 0.929. The summed E-state index contributed by atoms with van der Waals surface area (Å²) < 4.78 is 0. The van der Waals surface area contributed by atoms with E-state index in [9.17, 15) is 0 Å². The summed E-state index contributed by atoms with van der Waals surface area (Å²) in [5.41, 5.74) is 6.76. The van der Waals surface area contributed by atoms with Crippen LogP contribution in [0.4, 0.5) is 5.69 Å². The first-order chi connectivity index (χ1) is 6.24. The third-order valence-corrected chi connectivity index (χ3v) is 1.57. The normalized spacial score (nSPS) is 9.08. The lowest BCUT2D eigenvalue weighted by Crippen LogP contribution is -1.91. The molecule has 0 saturated heterocycles. The Kier molecular flexibility index (Phi) is 3.56. The van der Waals surface area contributed by atoms with Crippen molar-refractivity contribution in [1.82, 2.24) is 4.98 Å². The van der Waals surface area contributed by atoms with Gasteiger partial charge >= 0.3 is 0 Å². The monoisotopic (exact) mass is 196 g/mol. The summed E-state index contributed by atoms with van der Waals surface area (Å²) in [6, 6.07) is 1.55. The van der Waals surface area contributed by atoms with Crippen LogP contribution >= 0.6 is 11.6 Å². The van der Waals surface area contributed by atoms with E-state index in [1.54, 1.807) is 6.07 Å². The van der Waals surface area contributed by atoms with E-state index in [0.29, 0.717) is 22.8 Å². The highest BCUT2D eigenvalue weighted by molar-refractivity contribution is 6.29. The lowest BCUT2D eigenvalue weighted by atomic mass is 10.2. The average Bonchev–Trinajstić information content (AvgIpc) is 2.09. The van der Waals surface area contributed by atoms with Crippen LogP contribution < -0.4 is 5.73 Å². The molecular formula is C9H9ClN2O. The number of aliphatic hydroxyl groups excluding tert-OH is 1. The van der Waals surface area contributed by atoms with Gasteiger partial charge in [-0.3, -0.25) is 0 Å². The summed E-state index contributed by atoms with van der Waals surface area (Å²) in [5, 5.41) is 8.84. The van der Waals surface area contributed by atoms with Crippen LogP contribution in [0.15, 0.2) is 12.3 Å². The van der Waals surface area contributed by atoms with E-state index in [1.807, 2.05) is 0 Å². The number of nitrogen functional groups attached to an aromatic ring is 1. The summed E-state index contributed by atoms with van der Waals surface area (Å²) in [5.74, 6) is 5.53. The maximum absolute atomic E-state index is 8.49. The Balaban J connectivity index is 2.85. The van der Waals surface area contributed by atoms with Gasteiger partial charge in [-0.15, -0.1) is 0 Å². The molecule has 68 valence electrons. The minimum atomic E-state index is 0.0495. The number of aromatic nitrogens is 1. The predicted molar refractivity (Wildman–Crippen MR) is 52.2 cm³/mol. The van der Waals surface area contributed by atoms with Gasteiger partial charge in [0.2, 0.25) is 0 Å². The SMILES string of the molecule is Nc1cc(Cl)ncc1C#CCCO. The van der Waals surface area contributed by atoms with Crippen molar-refractivity contribution in [3.05, 3.63) is 23.0 Å². The number of hydrogen-bond acceptors (Lipinski definition) is 3. The second-order valence-electron chi connectivity index (χ2n) is 2.37. The van der Waals surface area contributed by atoms with Crippen LogP contribution in [0.1, 0.15) is 12.0 Å². The summed E-state index contributed by atoms with van der Waals surface area (Å²) in [6.07, 6.45) is 1.95. The molecule has 13 heavy (non-hydrogen) atoms. The van der Waals surface area contributed by atoms with Crippen LogP contribution in [0.3, 0.4) is 0 Å². The van der Waals surface area contributed by atoms with Crippen LogP contribution in [0.5, 0.6) is 0 Å². The van der Waals surface area contributed by atoms with Crippen molar-refractivity contribution >= 4 is 17.3 Å². The lowest BCUT2D eigenvalue weighted by molar-refractivity contribution is 0.305. The number of nitrogens with zero attached hydrogens (tertiary/aromatic N) is 1. The zero-order valence-electron chi connectivity index (χ0n) is 6.92. The second-order valence-corrected chi connectivity index (χ2v) is 2.76. The molecule has 0 atom stereocenters. The van der Waals surface area contributed by atoms with Crippen molar-refractivity contribution in [3.8, 4) is 11.8 Å². The zero-order valence-corrected chi connectivity index (χ0v) is 7.67. The van der Waals surface area contributed by atoms with E-state index in [1.165, 1.54) is 6.20 Å². The highest BCUT2D eigenvalue weighted by atomic mass is 35.5. The molecule has 0 radical (unpaired) electrons. The van der Waals surface area contributed by atoms with Gasteiger partial charge in [0.25, 0.3) is 0 Å². The fraction of sp³-hybridized carbons (Fsp3) is 0.222. The van der Waals surface area contributed by atoms with E-state index in [-0.39, 0.29) is 6.61 Å². The number of hydrogen-bond donors (Lipinski definition) is 2. The molecule has 0 aliphatic carbocycles. The molecule has 0 saturated carbocycles. The molecule has 1 heterocycles. The minimum absolute atomic E-state index is 0.0495. The van der Waals surface area contributed by atoms with Gasteiger partial charge in [-0.2, -0.15) is 0 Å². The van der Waals surface area contributed by atoms with Gasteiger partial charge in [0.05, 0.1) is 17.9 Å². The number of rotatable bonds is 1. The molecule has 0 spiro atoms. The number of halogens is 1. The first kappa shape index (κ1) is 9.85. The van der Waals surface area contributed by atoms with E-state index >= 15 is 0 Å². The van der Waals surface area contributed by atoms with E-state index in [2.05, 4.69) is 16.8 Å². The van der Waals surface area contributed by atoms with Gasteiger partial charge in [0.1, 0.15) is 5.15 Å². The van der Waals surface area contributed by atoms with Crippen LogP contribution in [0.2, 0.25) is 5.15 Å². The van der Waals surface area contributed by atoms with Gasteiger partial charge in [-0.25, -0.2) is 4.98 Å². The summed E-state index contributed by atoms with van der Waals surface area (Å²) in [4.78, 5) is 3.84. The molecule has 3 nitrogen and oxygen atoms in total. The second kappa shape index (κ2) is 4.70. The quantitative estimate of drug-likeness (QED) is 0.522. The van der Waals surface area contributed by atoms with Crippen LogP contribution in [0.25, 0.3) is 0 Å². The largest absolute Gasteiger partial charge is 0.398 e. The fourth-order valence-electron chi connectivity index (χ4n) is 0.762. The van der Waals surface area contributed by atoms with Gasteiger partial charge < -0.3 is 10.8 Å². The third-order valence-electron chi connectivity index (χ3n) is 1.36. The standard InChI is InChI=1S/C9H9ClN2O/c10-9-5-8(11)7(6-12-9)3-1-2-4-13/h5-6,13H,2,4H2,(H2,11,12). The number of pyridine rings is 1. The number of anilines is 1. The first-order valence-corrected chi connectivity index (χ1v) is 4.12. The molecular weight excluding hydrogens is 188 g/mol. The molecule has 0 aromatic carbocycles. The Labute approximate surface area is 81.5 Å². The maximum atomic E-state index is 8.49. The molecule has 0 fully saturated rings. The van der Waals surface area contributed by atoms with Crippen molar-refractivity contribution in [1.29, 1.82) is 0 Å². The minimum Gasteiger partial charge on any atom is -0.398 e. The number of aliphatic hydroxyl groups is 1. The molecule has 1 aromatic heterocycles. The summed E-state index contributed by atoms with van der Waals surface area (Å²) >= 11 is 5.60. The van der Waals surface area contributed by atoms with Crippen molar-refractivity contribution in [3.63, 3.8) is 0 Å². The first-order valence-electron chi connectivity index (χ1n) is 3.75. The van der Waals surface area contributed by atoms with Crippen molar-refractivity contribution in [2.45, 2.75) is 6.42 Å². The van der Waals surface area contributed by atoms with Gasteiger partial charge in [0, 0.05) is 12.6 Å². The topological polar surface area (TPSA) is 59.1 Å². The lowest BCUT2D eigenvalue weighted by Gasteiger charge is -1.96. The van der Waals surface area contributed by atoms with E-state index in [4.69, 9.17) is 22.4 Å². The zero-order chi connectivity index (χ0) is 9.68. The summed E-state index contributed by atoms with van der Waals surface area (Å²) in [6.45, 7) is 0.0495. The Bertz CT molecular complexity index is 354. The molecule has 3 N–H and O–H groups in total. The molecule has 0 aliphatic rings. The van der Waals surface area contributed by atoms with Crippen molar-refractivity contribution in [2.75, 3.05) is 12.3 Å². The molecule has 0 bridgehead atoms. The molecule has 1 rings (SSSR count). The van der Waals surface area contributed by atoms with Crippen molar-refractivity contribution in [2.24, 2.45) is 0 Å². The summed E-state index contributed by atoms with van der Waals surface area (Å²) in [7, 11) is 0. The van der Waals surface area contributed by atoms with Crippen LogP contribution in [-0.4, -0.2) is 16.7 Å². The molecule has 0 unspecified atom stereocenters. The Morgan fingerprint density at radius 3 is 3.00 bits per heavy atom. The van der Waals surface area contributed by atoms with Crippen molar-refractivity contribution < 1.29 is 5.11 Å². The van der Waals surface area contributed by atoms with Gasteiger partial charge in [-0.05, 0) is 6.07 Å². The number of nitrogens with two attached hydrogens (primary N) is 1. The molecule has 4 heteroatoms. The Morgan fingerprint density at radius 1 is 1.62 bits per heavy atom. The third kappa shape index (κ3) is 2.94. The smallest absolute Gasteiger partial charge is 0.131 e. The van der Waals surface area contributed by atoms with E-state index < -0.39 is 0 Å². The molecule has 0 aliphatic heterocycles. The van der Waals surface area contributed by atoms with Crippen LogP contribution in [0, 0.1) is 11.8 Å². The predicted octanol–water partition coefficient (Wildman–Crippen LogP) is 1.05. The Hall–Kier alpha value is -1.24.